The van der Waals surface area contributed by atoms with E-state index in [1.807, 2.05) is 0 Å². The standard InChI is InChI=1S/C13H26N2O4S.H2O/c1-4-13(16)14-9-5-6-10-15(2,3)11-7-8-12-20(17,18)19;/h4H,1,5-12H2,2-3H3,(H-,14,16,17,18,19);1H2. The number of rotatable bonds is 11. The van der Waals surface area contributed by atoms with E-state index in [2.05, 4.69) is 26.0 Å². The maximum atomic E-state index is 10.9. The summed E-state index contributed by atoms with van der Waals surface area (Å²) in [5, 5.41) is 2.73. The van der Waals surface area contributed by atoms with Crippen LogP contribution in [0.1, 0.15) is 25.7 Å². The highest BCUT2D eigenvalue weighted by Gasteiger charge is 2.14. The molecule has 0 rings (SSSR count). The smallest absolute Gasteiger partial charge is 0.264 e. The topological polar surface area (TPSA) is 113 Å². The van der Waals surface area contributed by atoms with Crippen LogP contribution in [-0.2, 0) is 14.9 Å². The van der Waals surface area contributed by atoms with E-state index in [-0.39, 0.29) is 17.1 Å². The predicted octanol–water partition coefficient (Wildman–Crippen LogP) is 0.636. The van der Waals surface area contributed by atoms with Crippen LogP contribution in [-0.4, -0.2) is 68.3 Å². The molecule has 0 saturated heterocycles. The van der Waals surface area contributed by atoms with Gasteiger partial charge in [-0.25, -0.2) is 0 Å². The predicted molar refractivity (Wildman–Crippen MR) is 81.9 cm³/mol. The van der Waals surface area contributed by atoms with Crippen molar-refractivity contribution >= 4 is 16.0 Å². The van der Waals surface area contributed by atoms with Crippen molar-refractivity contribution in [3.8, 4) is 0 Å². The second kappa shape index (κ2) is 10.7. The Labute approximate surface area is 127 Å². The van der Waals surface area contributed by atoms with Crippen LogP contribution in [0.4, 0.5) is 0 Å². The SMILES string of the molecule is C=CC(=O)NCCCC[N+](C)(C)CCCCS(=O)(=O)O.[OH-]. The summed E-state index contributed by atoms with van der Waals surface area (Å²) in [6.07, 6.45) is 4.40. The Hall–Kier alpha value is -0.960. The van der Waals surface area contributed by atoms with E-state index < -0.39 is 10.1 Å². The lowest BCUT2D eigenvalue weighted by Crippen LogP contribution is -2.41. The summed E-state index contributed by atoms with van der Waals surface area (Å²) in [6.45, 7) is 5.87. The van der Waals surface area contributed by atoms with Gasteiger partial charge < -0.3 is 15.3 Å². The second-order valence-electron chi connectivity index (χ2n) is 5.58. The number of hydrogen-bond acceptors (Lipinski definition) is 4. The molecule has 7 nitrogen and oxygen atoms in total. The molecule has 0 heterocycles. The monoisotopic (exact) mass is 324 g/mol. The molecular formula is C13H28N2O5S. The summed E-state index contributed by atoms with van der Waals surface area (Å²) >= 11 is 0. The van der Waals surface area contributed by atoms with Crippen LogP contribution in [0.3, 0.4) is 0 Å². The molecule has 0 aliphatic rings. The van der Waals surface area contributed by atoms with Crippen molar-refractivity contribution in [2.45, 2.75) is 25.7 Å². The molecule has 0 aromatic rings. The van der Waals surface area contributed by atoms with Gasteiger partial charge in [0, 0.05) is 6.54 Å². The summed E-state index contributed by atoms with van der Waals surface area (Å²) in [6, 6.07) is 0. The van der Waals surface area contributed by atoms with Crippen LogP contribution >= 0.6 is 0 Å². The first kappa shape index (κ1) is 22.3. The number of hydrogen-bond donors (Lipinski definition) is 2. The van der Waals surface area contributed by atoms with Crippen LogP contribution in [0.5, 0.6) is 0 Å². The van der Waals surface area contributed by atoms with Crippen molar-refractivity contribution in [2.75, 3.05) is 39.5 Å². The first-order valence-corrected chi connectivity index (χ1v) is 8.45. The lowest BCUT2D eigenvalue weighted by molar-refractivity contribution is -0.890. The summed E-state index contributed by atoms with van der Waals surface area (Å²) in [4.78, 5) is 10.9. The first-order valence-electron chi connectivity index (χ1n) is 6.84. The highest BCUT2D eigenvalue weighted by Crippen LogP contribution is 2.05. The lowest BCUT2D eigenvalue weighted by Gasteiger charge is -2.29. The Morgan fingerprint density at radius 3 is 2.19 bits per heavy atom. The molecule has 0 radical (unpaired) electrons. The van der Waals surface area contributed by atoms with Gasteiger partial charge in [0.05, 0.1) is 32.9 Å². The number of carbonyl (C=O) groups is 1. The molecule has 0 aromatic carbocycles. The normalized spacial score (nSPS) is 11.6. The van der Waals surface area contributed by atoms with Gasteiger partial charge in [0.2, 0.25) is 5.91 Å². The molecule has 1 amide bonds. The zero-order valence-electron chi connectivity index (χ0n) is 12.9. The van der Waals surface area contributed by atoms with Crippen LogP contribution in [0.25, 0.3) is 0 Å². The van der Waals surface area contributed by atoms with Crippen LogP contribution < -0.4 is 5.32 Å². The van der Waals surface area contributed by atoms with Crippen molar-refractivity contribution < 1.29 is 27.7 Å². The van der Waals surface area contributed by atoms with Crippen molar-refractivity contribution in [2.24, 2.45) is 0 Å². The van der Waals surface area contributed by atoms with Crippen LogP contribution in [0, 0.1) is 0 Å². The number of carbonyl (C=O) groups excluding carboxylic acids is 1. The summed E-state index contributed by atoms with van der Waals surface area (Å²) in [5.74, 6) is -0.315. The third-order valence-corrected chi connectivity index (χ3v) is 3.90. The molecule has 0 atom stereocenters. The summed E-state index contributed by atoms with van der Waals surface area (Å²) in [7, 11) is 0.354. The third kappa shape index (κ3) is 15.3. The minimum absolute atomic E-state index is 0. The molecule has 0 saturated carbocycles. The molecule has 0 unspecified atom stereocenters. The Bertz CT molecular complexity index is 407. The Morgan fingerprint density at radius 1 is 1.19 bits per heavy atom. The van der Waals surface area contributed by atoms with E-state index in [0.717, 1.165) is 36.8 Å². The molecule has 21 heavy (non-hydrogen) atoms. The van der Waals surface area contributed by atoms with Crippen molar-refractivity contribution in [1.82, 2.24) is 5.32 Å². The minimum atomic E-state index is -3.83. The molecule has 0 bridgehead atoms. The van der Waals surface area contributed by atoms with Gasteiger partial charge in [-0.1, -0.05) is 6.58 Å². The van der Waals surface area contributed by atoms with Gasteiger partial charge in [-0.05, 0) is 31.8 Å². The molecule has 0 aromatic heterocycles. The molecular weight excluding hydrogens is 296 g/mol. The van der Waals surface area contributed by atoms with E-state index in [4.69, 9.17) is 4.55 Å². The highest BCUT2D eigenvalue weighted by molar-refractivity contribution is 7.85. The van der Waals surface area contributed by atoms with E-state index in [0.29, 0.717) is 13.0 Å². The van der Waals surface area contributed by atoms with E-state index in [9.17, 15) is 13.2 Å². The summed E-state index contributed by atoms with van der Waals surface area (Å²) < 4.78 is 30.6. The molecule has 126 valence electrons. The molecule has 0 fully saturated rings. The van der Waals surface area contributed by atoms with E-state index in [1.54, 1.807) is 0 Å². The lowest BCUT2D eigenvalue weighted by atomic mass is 10.2. The zero-order chi connectivity index (χ0) is 15.6. The number of unbranched alkanes of at least 4 members (excludes halogenated alkanes) is 2. The van der Waals surface area contributed by atoms with Gasteiger partial charge in [-0.2, -0.15) is 8.42 Å². The number of nitrogens with zero attached hydrogens (tertiary/aromatic N) is 1. The van der Waals surface area contributed by atoms with Crippen LogP contribution in [0.15, 0.2) is 12.7 Å². The fourth-order valence-electron chi connectivity index (χ4n) is 1.88. The van der Waals surface area contributed by atoms with Crippen LogP contribution in [0.2, 0.25) is 0 Å². The third-order valence-electron chi connectivity index (χ3n) is 3.09. The Balaban J connectivity index is 0. The molecule has 0 aliphatic heterocycles. The Kier molecular flexibility index (Phi) is 11.4. The van der Waals surface area contributed by atoms with Crippen molar-refractivity contribution in [3.05, 3.63) is 12.7 Å². The average molecular weight is 324 g/mol. The largest absolute Gasteiger partial charge is 0.870 e. The minimum Gasteiger partial charge on any atom is -0.870 e. The maximum absolute atomic E-state index is 10.9. The molecule has 0 aliphatic carbocycles. The number of quaternary nitrogens is 1. The molecule has 0 spiro atoms. The number of nitrogens with one attached hydrogen (secondary N) is 1. The number of amides is 1. The highest BCUT2D eigenvalue weighted by atomic mass is 32.2. The van der Waals surface area contributed by atoms with Gasteiger partial charge in [-0.15, -0.1) is 0 Å². The fourth-order valence-corrected chi connectivity index (χ4v) is 2.45. The summed E-state index contributed by atoms with van der Waals surface area (Å²) in [5.41, 5.74) is 0. The first-order chi connectivity index (χ1) is 9.16. The van der Waals surface area contributed by atoms with Crippen molar-refractivity contribution in [3.63, 3.8) is 0 Å². The Morgan fingerprint density at radius 2 is 1.71 bits per heavy atom. The maximum Gasteiger partial charge on any atom is 0.264 e. The van der Waals surface area contributed by atoms with Crippen molar-refractivity contribution in [1.29, 1.82) is 0 Å². The fraction of sp³-hybridized carbons (Fsp3) is 0.769. The quantitative estimate of drug-likeness (QED) is 0.250. The average Bonchev–Trinajstić information content (AvgIpc) is 2.33. The van der Waals surface area contributed by atoms with Gasteiger partial charge in [0.25, 0.3) is 10.1 Å². The molecule has 3 N–H and O–H groups in total. The van der Waals surface area contributed by atoms with Gasteiger partial charge in [0.15, 0.2) is 0 Å². The van der Waals surface area contributed by atoms with Gasteiger partial charge in [-0.3, -0.25) is 9.35 Å². The second-order valence-corrected chi connectivity index (χ2v) is 7.15. The zero-order valence-corrected chi connectivity index (χ0v) is 13.7. The van der Waals surface area contributed by atoms with Gasteiger partial charge >= 0.3 is 0 Å². The molecule has 8 heteroatoms. The van der Waals surface area contributed by atoms with E-state index >= 15 is 0 Å². The van der Waals surface area contributed by atoms with Gasteiger partial charge in [0.1, 0.15) is 0 Å². The van der Waals surface area contributed by atoms with E-state index in [1.165, 1.54) is 6.08 Å².